The molecule has 6 nitrogen and oxygen atoms in total. The average Bonchev–Trinajstić information content (AvgIpc) is 2.98. The van der Waals surface area contributed by atoms with Gasteiger partial charge in [-0.2, -0.15) is 0 Å². The number of carbonyl (C=O) groups excluding carboxylic acids is 1. The predicted molar refractivity (Wildman–Crippen MR) is 67.0 cm³/mol. The first-order valence-corrected chi connectivity index (χ1v) is 6.01. The molecule has 3 N–H and O–H groups in total. The maximum absolute atomic E-state index is 11.9. The molecule has 7 heteroatoms. The lowest BCUT2D eigenvalue weighted by Gasteiger charge is -2.08. The van der Waals surface area contributed by atoms with Gasteiger partial charge in [-0.05, 0) is 0 Å². The number of hydrogen-bond donors (Lipinski definition) is 2. The van der Waals surface area contributed by atoms with Crippen LogP contribution in [0.2, 0.25) is 0 Å². The summed E-state index contributed by atoms with van der Waals surface area (Å²) in [4.78, 5) is 16.2. The van der Waals surface area contributed by atoms with Gasteiger partial charge in [0.15, 0.2) is 11.5 Å². The van der Waals surface area contributed by atoms with Gasteiger partial charge in [0.25, 0.3) is 5.91 Å². The molecule has 3 rings (SSSR count). The Morgan fingerprint density at radius 3 is 2.89 bits per heavy atom. The number of carbonyl (C=O) groups is 1. The Bertz CT molecular complexity index is 598. The van der Waals surface area contributed by atoms with Gasteiger partial charge in [-0.25, -0.2) is 0 Å². The number of fused-ring (bicyclic) bond motifs is 1. The van der Waals surface area contributed by atoms with Crippen molar-refractivity contribution in [1.82, 2.24) is 4.98 Å². The summed E-state index contributed by atoms with van der Waals surface area (Å²) in [6, 6.07) is 3.28. The van der Waals surface area contributed by atoms with Crippen LogP contribution in [0.15, 0.2) is 23.8 Å². The number of nitrogens with two attached hydrogens (primary N) is 1. The molecule has 0 aliphatic carbocycles. The van der Waals surface area contributed by atoms with Crippen molar-refractivity contribution in [3.8, 4) is 11.5 Å². The molecule has 1 aliphatic rings. The number of nitrogens with zero attached hydrogens (tertiary/aromatic N) is 1. The molecule has 0 bridgehead atoms. The van der Waals surface area contributed by atoms with E-state index in [1.807, 2.05) is 0 Å². The molecule has 2 heterocycles. The summed E-state index contributed by atoms with van der Waals surface area (Å²) >= 11 is 1.26. The highest BCUT2D eigenvalue weighted by molar-refractivity contribution is 7.11. The second kappa shape index (κ2) is 4.19. The largest absolute Gasteiger partial charge is 0.454 e. The van der Waals surface area contributed by atoms with E-state index in [0.717, 1.165) is 0 Å². The van der Waals surface area contributed by atoms with Gasteiger partial charge in [0.05, 0.1) is 23.1 Å². The molecular weight excluding hydrogens is 254 g/mol. The standard InChI is InChI=1S/C11H9N3O3S/c12-6-1-8-9(17-5-16-8)2-7(6)14-11(15)10-3-13-4-18-10/h1-4H,5,12H2,(H,14,15). The van der Waals surface area contributed by atoms with E-state index in [1.54, 1.807) is 17.6 Å². The zero-order valence-electron chi connectivity index (χ0n) is 9.17. The second-order valence-corrected chi connectivity index (χ2v) is 4.50. The first kappa shape index (κ1) is 10.8. The number of nitrogens with one attached hydrogen (secondary N) is 1. The second-order valence-electron chi connectivity index (χ2n) is 3.61. The van der Waals surface area contributed by atoms with Gasteiger partial charge >= 0.3 is 0 Å². The van der Waals surface area contributed by atoms with Crippen molar-refractivity contribution in [3.63, 3.8) is 0 Å². The molecule has 1 aromatic heterocycles. The van der Waals surface area contributed by atoms with Crippen LogP contribution in [0.1, 0.15) is 9.67 Å². The van der Waals surface area contributed by atoms with Crippen LogP contribution in [-0.2, 0) is 0 Å². The summed E-state index contributed by atoms with van der Waals surface area (Å²) in [7, 11) is 0. The molecule has 0 fully saturated rings. The Balaban J connectivity index is 1.87. The number of amides is 1. The summed E-state index contributed by atoms with van der Waals surface area (Å²) in [5.74, 6) is 0.912. The molecule has 0 saturated carbocycles. The van der Waals surface area contributed by atoms with E-state index < -0.39 is 0 Å². The molecule has 0 atom stereocenters. The van der Waals surface area contributed by atoms with Crippen molar-refractivity contribution in [2.75, 3.05) is 17.8 Å². The number of hydrogen-bond acceptors (Lipinski definition) is 6. The van der Waals surface area contributed by atoms with Crippen LogP contribution in [0.25, 0.3) is 0 Å². The van der Waals surface area contributed by atoms with Gasteiger partial charge in [-0.3, -0.25) is 9.78 Å². The van der Waals surface area contributed by atoms with Crippen molar-refractivity contribution < 1.29 is 14.3 Å². The number of nitrogen functional groups attached to an aromatic ring is 1. The monoisotopic (exact) mass is 263 g/mol. The molecule has 1 aromatic carbocycles. The number of thiazole rings is 1. The van der Waals surface area contributed by atoms with Gasteiger partial charge in [0.2, 0.25) is 6.79 Å². The third-order valence-electron chi connectivity index (χ3n) is 2.45. The van der Waals surface area contributed by atoms with Crippen LogP contribution in [0.5, 0.6) is 11.5 Å². The van der Waals surface area contributed by atoms with Crippen molar-refractivity contribution >= 4 is 28.6 Å². The highest BCUT2D eigenvalue weighted by Gasteiger charge is 2.17. The van der Waals surface area contributed by atoms with E-state index in [-0.39, 0.29) is 12.7 Å². The fraction of sp³-hybridized carbons (Fsp3) is 0.0909. The Morgan fingerprint density at radius 2 is 2.17 bits per heavy atom. The average molecular weight is 263 g/mol. The van der Waals surface area contributed by atoms with E-state index in [1.165, 1.54) is 17.5 Å². The van der Waals surface area contributed by atoms with Crippen LogP contribution in [0.4, 0.5) is 11.4 Å². The van der Waals surface area contributed by atoms with Crippen LogP contribution >= 0.6 is 11.3 Å². The lowest BCUT2D eigenvalue weighted by Crippen LogP contribution is -2.11. The molecule has 92 valence electrons. The fourth-order valence-corrected chi connectivity index (χ4v) is 2.09. The van der Waals surface area contributed by atoms with Crippen molar-refractivity contribution in [1.29, 1.82) is 0 Å². The van der Waals surface area contributed by atoms with E-state index in [9.17, 15) is 4.79 Å². The zero-order chi connectivity index (χ0) is 12.5. The predicted octanol–water partition coefficient (Wildman–Crippen LogP) is 1.71. The van der Waals surface area contributed by atoms with E-state index in [4.69, 9.17) is 15.2 Å². The number of aromatic nitrogens is 1. The van der Waals surface area contributed by atoms with Crippen LogP contribution in [0, 0.1) is 0 Å². The van der Waals surface area contributed by atoms with Crippen molar-refractivity contribution in [2.24, 2.45) is 0 Å². The number of benzene rings is 1. The van der Waals surface area contributed by atoms with E-state index in [2.05, 4.69) is 10.3 Å². The molecule has 0 spiro atoms. The molecule has 18 heavy (non-hydrogen) atoms. The molecule has 1 aliphatic heterocycles. The van der Waals surface area contributed by atoms with Gasteiger partial charge in [-0.15, -0.1) is 11.3 Å². The number of anilines is 2. The normalized spacial score (nSPS) is 12.4. The number of rotatable bonds is 2. The minimum absolute atomic E-state index is 0.168. The van der Waals surface area contributed by atoms with Gasteiger partial charge in [0, 0.05) is 12.1 Å². The Labute approximate surface area is 106 Å². The van der Waals surface area contributed by atoms with Crippen LogP contribution in [-0.4, -0.2) is 17.7 Å². The minimum Gasteiger partial charge on any atom is -0.454 e. The minimum atomic E-state index is -0.247. The first-order valence-electron chi connectivity index (χ1n) is 5.13. The zero-order valence-corrected chi connectivity index (χ0v) is 9.99. The molecule has 1 amide bonds. The summed E-state index contributed by atoms with van der Waals surface area (Å²) in [5, 5.41) is 2.71. The van der Waals surface area contributed by atoms with Crippen molar-refractivity contribution in [3.05, 3.63) is 28.7 Å². The molecule has 0 radical (unpaired) electrons. The van der Waals surface area contributed by atoms with Crippen LogP contribution < -0.4 is 20.5 Å². The van der Waals surface area contributed by atoms with Gasteiger partial charge < -0.3 is 20.5 Å². The molecule has 2 aromatic rings. The third kappa shape index (κ3) is 1.84. The first-order chi connectivity index (χ1) is 8.74. The topological polar surface area (TPSA) is 86.5 Å². The fourth-order valence-electron chi connectivity index (χ4n) is 1.58. The summed E-state index contributed by atoms with van der Waals surface area (Å²) < 4.78 is 10.4. The summed E-state index contributed by atoms with van der Waals surface area (Å²) in [6.45, 7) is 0.168. The van der Waals surface area contributed by atoms with Gasteiger partial charge in [0.1, 0.15) is 4.88 Å². The molecular formula is C11H9N3O3S. The maximum Gasteiger partial charge on any atom is 0.267 e. The molecule has 0 unspecified atom stereocenters. The van der Waals surface area contributed by atoms with E-state index in [0.29, 0.717) is 27.8 Å². The smallest absolute Gasteiger partial charge is 0.267 e. The Hall–Kier alpha value is -2.28. The Kier molecular flexibility index (Phi) is 2.52. The lowest BCUT2D eigenvalue weighted by atomic mass is 10.2. The number of ether oxygens (including phenoxy) is 2. The molecule has 0 saturated heterocycles. The highest BCUT2D eigenvalue weighted by Crippen LogP contribution is 2.38. The maximum atomic E-state index is 11.9. The van der Waals surface area contributed by atoms with Gasteiger partial charge in [-0.1, -0.05) is 0 Å². The van der Waals surface area contributed by atoms with E-state index >= 15 is 0 Å². The summed E-state index contributed by atoms with van der Waals surface area (Å²) in [5.41, 5.74) is 8.35. The quantitative estimate of drug-likeness (QED) is 0.805. The Morgan fingerprint density at radius 1 is 1.39 bits per heavy atom. The highest BCUT2D eigenvalue weighted by atomic mass is 32.1. The summed E-state index contributed by atoms with van der Waals surface area (Å²) in [6.07, 6.45) is 1.50. The SMILES string of the molecule is Nc1cc2c(cc1NC(=O)c1cncs1)OCO2. The van der Waals surface area contributed by atoms with Crippen LogP contribution in [0.3, 0.4) is 0 Å². The third-order valence-corrected chi connectivity index (χ3v) is 3.22. The lowest BCUT2D eigenvalue weighted by molar-refractivity contribution is 0.103. The van der Waals surface area contributed by atoms with Crippen molar-refractivity contribution in [2.45, 2.75) is 0 Å².